The Kier molecular flexibility index (Phi) is 9.59. The van der Waals surface area contributed by atoms with Gasteiger partial charge in [0.15, 0.2) is 11.5 Å². The fraction of sp³-hybridized carbons (Fsp3) is 0.207. The minimum absolute atomic E-state index is 0.0897. The van der Waals surface area contributed by atoms with Gasteiger partial charge in [-0.3, -0.25) is 19.8 Å². The number of hydrogen-bond donors (Lipinski definition) is 1. The second-order valence-corrected chi connectivity index (χ2v) is 10.5. The van der Waals surface area contributed by atoms with Gasteiger partial charge in [0.05, 0.1) is 24.7 Å². The highest BCUT2D eigenvalue weighted by atomic mass is 79.9. The maximum Gasteiger partial charge on any atom is 0.331 e. The van der Waals surface area contributed by atoms with Crippen molar-refractivity contribution in [3.8, 4) is 17.2 Å². The van der Waals surface area contributed by atoms with Gasteiger partial charge in [-0.1, -0.05) is 47.1 Å². The number of hydrogen-bond acceptors (Lipinski definition) is 6. The molecule has 11 heteroatoms. The summed E-state index contributed by atoms with van der Waals surface area (Å²) in [7, 11) is 1.50. The largest absolute Gasteiger partial charge is 0.493 e. The van der Waals surface area contributed by atoms with Crippen LogP contribution in [0.1, 0.15) is 30.0 Å². The summed E-state index contributed by atoms with van der Waals surface area (Å²) in [5.41, 5.74) is 1.03. The van der Waals surface area contributed by atoms with Crippen LogP contribution in [-0.4, -0.2) is 36.5 Å². The zero-order chi connectivity index (χ0) is 28.8. The van der Waals surface area contributed by atoms with Gasteiger partial charge in [-0.2, -0.15) is 0 Å². The van der Waals surface area contributed by atoms with E-state index in [4.69, 9.17) is 14.2 Å². The lowest BCUT2D eigenvalue weighted by Crippen LogP contribution is -2.53. The molecule has 8 nitrogen and oxygen atoms in total. The second kappa shape index (κ2) is 13.1. The van der Waals surface area contributed by atoms with Crippen LogP contribution >= 0.6 is 31.9 Å². The molecule has 0 radical (unpaired) electrons. The Bertz CT molecular complexity index is 1490. The van der Waals surface area contributed by atoms with E-state index in [2.05, 4.69) is 37.2 Å². The summed E-state index contributed by atoms with van der Waals surface area (Å²) in [5, 5.41) is 2.22. The number of halogens is 3. The number of ether oxygens (including phenoxy) is 3. The zero-order valence-corrected chi connectivity index (χ0v) is 24.8. The van der Waals surface area contributed by atoms with Crippen LogP contribution in [0.5, 0.6) is 17.2 Å². The van der Waals surface area contributed by atoms with Crippen molar-refractivity contribution in [3.05, 3.63) is 91.6 Å². The molecule has 4 amide bonds. The molecular formula is C29H25Br2FN2O6. The predicted octanol–water partition coefficient (Wildman–Crippen LogP) is 6.39. The lowest BCUT2D eigenvalue weighted by molar-refractivity contribution is -0.130. The molecular weight excluding hydrogens is 651 g/mol. The molecule has 0 unspecified atom stereocenters. The number of nitrogens with zero attached hydrogens (tertiary/aromatic N) is 1. The van der Waals surface area contributed by atoms with Crippen molar-refractivity contribution < 1.29 is 33.0 Å². The molecule has 0 atom stereocenters. The van der Waals surface area contributed by atoms with E-state index in [0.29, 0.717) is 43.7 Å². The van der Waals surface area contributed by atoms with Crippen LogP contribution in [-0.2, 0) is 22.7 Å². The summed E-state index contributed by atoms with van der Waals surface area (Å²) >= 11 is 6.84. The molecule has 4 rings (SSSR count). The summed E-state index contributed by atoms with van der Waals surface area (Å²) < 4.78 is 32.3. The van der Waals surface area contributed by atoms with E-state index >= 15 is 0 Å². The molecule has 1 saturated heterocycles. The first-order chi connectivity index (χ1) is 19.2. The number of amides is 4. The van der Waals surface area contributed by atoms with Crippen LogP contribution in [0.25, 0.3) is 6.08 Å². The van der Waals surface area contributed by atoms with Gasteiger partial charge in [-0.05, 0) is 64.3 Å². The van der Waals surface area contributed by atoms with Crippen LogP contribution in [0.15, 0.2) is 69.1 Å². The Morgan fingerprint density at radius 3 is 2.50 bits per heavy atom. The number of carbonyl (C=O) groups is 3. The number of carbonyl (C=O) groups excluding carboxylic acids is 3. The standard InChI is InChI=1S/C29H25Br2FN2O6/c1-3-10-39-24-9-8-17(11-25(24)38-2)15-34-28(36)21(27(35)33-29(34)37)13-19-12-20(30)14-22(31)26(19)40-16-18-6-4-5-7-23(18)32/h4-9,11-14H,3,10,15-16H2,1-2H3,(H,33,35,37)/b21-13+. The van der Waals surface area contributed by atoms with Crippen LogP contribution < -0.4 is 19.5 Å². The van der Waals surface area contributed by atoms with Gasteiger partial charge in [0, 0.05) is 15.6 Å². The SMILES string of the molecule is CCCOc1ccc(CN2C(=O)NC(=O)/C(=C\c3cc(Br)cc(Br)c3OCc3ccccc3F)C2=O)cc1OC. The molecule has 1 fully saturated rings. The van der Waals surface area contributed by atoms with E-state index in [1.54, 1.807) is 48.5 Å². The Morgan fingerprint density at radius 2 is 1.77 bits per heavy atom. The maximum absolute atomic E-state index is 14.2. The minimum atomic E-state index is -0.844. The number of urea groups is 1. The Morgan fingerprint density at radius 1 is 1.00 bits per heavy atom. The molecule has 208 valence electrons. The average Bonchev–Trinajstić information content (AvgIpc) is 2.92. The molecule has 0 aliphatic carbocycles. The topological polar surface area (TPSA) is 94.2 Å². The van der Waals surface area contributed by atoms with Crippen molar-refractivity contribution in [3.63, 3.8) is 0 Å². The highest BCUT2D eigenvalue weighted by Crippen LogP contribution is 2.36. The van der Waals surface area contributed by atoms with Gasteiger partial charge < -0.3 is 14.2 Å². The van der Waals surface area contributed by atoms with Gasteiger partial charge in [0.25, 0.3) is 11.8 Å². The number of imide groups is 2. The molecule has 3 aromatic rings. The van der Waals surface area contributed by atoms with Crippen molar-refractivity contribution in [2.24, 2.45) is 0 Å². The molecule has 1 N–H and O–H groups in total. The number of methoxy groups -OCH3 is 1. The minimum Gasteiger partial charge on any atom is -0.493 e. The van der Waals surface area contributed by atoms with E-state index in [9.17, 15) is 18.8 Å². The van der Waals surface area contributed by atoms with E-state index in [0.717, 1.165) is 11.3 Å². The third kappa shape index (κ3) is 6.71. The molecule has 1 aliphatic rings. The van der Waals surface area contributed by atoms with Crippen LogP contribution in [0.3, 0.4) is 0 Å². The van der Waals surface area contributed by atoms with Crippen LogP contribution in [0, 0.1) is 5.82 Å². The van der Waals surface area contributed by atoms with Crippen molar-refractivity contribution in [2.45, 2.75) is 26.5 Å². The second-order valence-electron chi connectivity index (χ2n) is 8.73. The summed E-state index contributed by atoms with van der Waals surface area (Å²) in [6.45, 7) is 2.29. The van der Waals surface area contributed by atoms with Gasteiger partial charge in [-0.15, -0.1) is 0 Å². The molecule has 0 aromatic heterocycles. The summed E-state index contributed by atoms with van der Waals surface area (Å²) in [4.78, 5) is 39.8. The lowest BCUT2D eigenvalue weighted by Gasteiger charge is -2.27. The number of rotatable bonds is 10. The normalized spacial score (nSPS) is 14.4. The first-order valence-corrected chi connectivity index (χ1v) is 13.8. The molecule has 40 heavy (non-hydrogen) atoms. The van der Waals surface area contributed by atoms with Crippen molar-refractivity contribution in [2.75, 3.05) is 13.7 Å². The Labute approximate surface area is 247 Å². The highest BCUT2D eigenvalue weighted by Gasteiger charge is 2.36. The third-order valence-corrected chi connectivity index (χ3v) is 6.93. The Balaban J connectivity index is 1.63. The average molecular weight is 676 g/mol. The molecule has 1 aliphatic heterocycles. The van der Waals surface area contributed by atoms with Gasteiger partial charge in [0.1, 0.15) is 23.7 Å². The van der Waals surface area contributed by atoms with E-state index in [1.165, 1.54) is 19.3 Å². The van der Waals surface area contributed by atoms with Gasteiger partial charge in [-0.25, -0.2) is 9.18 Å². The monoisotopic (exact) mass is 674 g/mol. The van der Waals surface area contributed by atoms with E-state index < -0.39 is 23.7 Å². The number of barbiturate groups is 1. The lowest BCUT2D eigenvalue weighted by atomic mass is 10.1. The highest BCUT2D eigenvalue weighted by molar-refractivity contribution is 9.11. The summed E-state index contributed by atoms with van der Waals surface area (Å²) in [6.07, 6.45) is 2.16. The van der Waals surface area contributed by atoms with Crippen molar-refractivity contribution in [1.29, 1.82) is 0 Å². The first kappa shape index (κ1) is 29.3. The number of benzene rings is 3. The van der Waals surface area contributed by atoms with Crippen molar-refractivity contribution >= 4 is 55.8 Å². The molecule has 0 spiro atoms. The zero-order valence-electron chi connectivity index (χ0n) is 21.6. The molecule has 0 bridgehead atoms. The summed E-state index contributed by atoms with van der Waals surface area (Å²) in [6, 6.07) is 13.8. The van der Waals surface area contributed by atoms with Gasteiger partial charge in [0.2, 0.25) is 0 Å². The number of nitrogens with one attached hydrogen (secondary N) is 1. The van der Waals surface area contributed by atoms with Crippen LogP contribution in [0.2, 0.25) is 0 Å². The van der Waals surface area contributed by atoms with E-state index in [-0.39, 0.29) is 24.5 Å². The third-order valence-electron chi connectivity index (χ3n) is 5.88. The molecule has 0 saturated carbocycles. The molecule has 3 aromatic carbocycles. The van der Waals surface area contributed by atoms with E-state index in [1.807, 2.05) is 6.92 Å². The first-order valence-electron chi connectivity index (χ1n) is 12.3. The van der Waals surface area contributed by atoms with Crippen LogP contribution in [0.4, 0.5) is 9.18 Å². The smallest absolute Gasteiger partial charge is 0.331 e. The van der Waals surface area contributed by atoms with Gasteiger partial charge >= 0.3 is 6.03 Å². The quantitative estimate of drug-likeness (QED) is 0.198. The Hall–Kier alpha value is -3.70. The predicted molar refractivity (Wildman–Crippen MR) is 153 cm³/mol. The fourth-order valence-electron chi connectivity index (χ4n) is 3.92. The maximum atomic E-state index is 14.2. The van der Waals surface area contributed by atoms with Crippen molar-refractivity contribution in [1.82, 2.24) is 10.2 Å². The fourth-order valence-corrected chi connectivity index (χ4v) is 5.30. The summed E-state index contributed by atoms with van der Waals surface area (Å²) in [5.74, 6) is -0.762. The molecule has 1 heterocycles.